The Morgan fingerprint density at radius 2 is 1.95 bits per heavy atom. The molecule has 0 aromatic heterocycles. The molecule has 4 nitrogen and oxygen atoms in total. The molecule has 2 amide bonds. The molecule has 0 aliphatic heterocycles. The summed E-state index contributed by atoms with van der Waals surface area (Å²) in [4.78, 5) is 23.6. The van der Waals surface area contributed by atoms with Gasteiger partial charge in [-0.25, -0.2) is 0 Å². The van der Waals surface area contributed by atoms with Crippen molar-refractivity contribution in [3.63, 3.8) is 0 Å². The zero-order valence-corrected chi connectivity index (χ0v) is 13.3. The lowest BCUT2D eigenvalue weighted by atomic mass is 9.97. The number of nitrogens with one attached hydrogen (secondary N) is 2. The molecule has 0 saturated carbocycles. The fourth-order valence-electron chi connectivity index (χ4n) is 2.46. The molecule has 5 heteroatoms. The van der Waals surface area contributed by atoms with Gasteiger partial charge in [0.25, 0.3) is 5.91 Å². The van der Waals surface area contributed by atoms with Crippen molar-refractivity contribution in [3.05, 3.63) is 46.5 Å². The normalized spacial score (nSPS) is 14.1. The highest BCUT2D eigenvalue weighted by atomic mass is 35.5. The van der Waals surface area contributed by atoms with Crippen LogP contribution in [0, 0.1) is 0 Å². The molecule has 1 aromatic rings. The van der Waals surface area contributed by atoms with Gasteiger partial charge in [-0.2, -0.15) is 0 Å². The van der Waals surface area contributed by atoms with Gasteiger partial charge in [-0.15, -0.1) is 0 Å². The summed E-state index contributed by atoms with van der Waals surface area (Å²) in [5, 5.41) is 5.78. The molecule has 2 N–H and O–H groups in total. The van der Waals surface area contributed by atoms with Gasteiger partial charge in [0, 0.05) is 6.54 Å². The van der Waals surface area contributed by atoms with E-state index in [0.29, 0.717) is 17.1 Å². The van der Waals surface area contributed by atoms with Crippen LogP contribution in [0.25, 0.3) is 0 Å². The second kappa shape index (κ2) is 8.59. The van der Waals surface area contributed by atoms with E-state index >= 15 is 0 Å². The first-order valence-electron chi connectivity index (χ1n) is 7.64. The summed E-state index contributed by atoms with van der Waals surface area (Å²) in [5.41, 5.74) is 1.80. The number of allylic oxidation sites excluding steroid dienone is 1. The summed E-state index contributed by atoms with van der Waals surface area (Å²) >= 11 is 5.94. The molecular formula is C17H21ClN2O2. The predicted molar refractivity (Wildman–Crippen MR) is 88.0 cm³/mol. The highest BCUT2D eigenvalue weighted by Gasteiger charge is 2.11. The molecule has 118 valence electrons. The van der Waals surface area contributed by atoms with Crippen LogP contribution in [0.3, 0.4) is 0 Å². The maximum Gasteiger partial charge on any atom is 0.253 e. The molecule has 0 spiro atoms. The van der Waals surface area contributed by atoms with Gasteiger partial charge in [0.2, 0.25) is 5.91 Å². The maximum atomic E-state index is 11.9. The molecule has 0 bridgehead atoms. The van der Waals surface area contributed by atoms with Crippen molar-refractivity contribution in [2.45, 2.75) is 32.1 Å². The minimum absolute atomic E-state index is 0.0386. The Hall–Kier alpha value is -1.81. The van der Waals surface area contributed by atoms with E-state index in [1.54, 1.807) is 24.3 Å². The van der Waals surface area contributed by atoms with Crippen molar-refractivity contribution in [2.75, 3.05) is 13.1 Å². The molecule has 0 unspecified atom stereocenters. The van der Waals surface area contributed by atoms with Gasteiger partial charge in [0.15, 0.2) is 0 Å². The summed E-state index contributed by atoms with van der Waals surface area (Å²) in [6, 6.07) is 6.77. The standard InChI is InChI=1S/C17H21ClN2O2/c18-15-9-5-4-8-14(15)17(22)20-12-16(21)19-11-10-13-6-2-1-3-7-13/h4-6,8-9H,1-3,7,10-12H2,(H,19,21)(H,20,22). The Kier molecular flexibility index (Phi) is 6.46. The monoisotopic (exact) mass is 320 g/mol. The first-order valence-corrected chi connectivity index (χ1v) is 8.02. The molecule has 1 aliphatic carbocycles. The quantitative estimate of drug-likeness (QED) is 0.791. The first kappa shape index (κ1) is 16.6. The Labute approximate surface area is 135 Å². The molecule has 22 heavy (non-hydrogen) atoms. The molecular weight excluding hydrogens is 300 g/mol. The van der Waals surface area contributed by atoms with E-state index in [-0.39, 0.29) is 18.4 Å². The number of carbonyl (C=O) groups excluding carboxylic acids is 2. The zero-order chi connectivity index (χ0) is 15.8. The third-order valence-electron chi connectivity index (χ3n) is 3.68. The van der Waals surface area contributed by atoms with Crippen LogP contribution in [0.2, 0.25) is 5.02 Å². The van der Waals surface area contributed by atoms with Gasteiger partial charge in [0.1, 0.15) is 0 Å². The molecule has 2 rings (SSSR count). The Morgan fingerprint density at radius 3 is 2.68 bits per heavy atom. The van der Waals surface area contributed by atoms with Gasteiger partial charge >= 0.3 is 0 Å². The Bertz CT molecular complexity index is 570. The number of halogens is 1. The fraction of sp³-hybridized carbons (Fsp3) is 0.412. The fourth-order valence-corrected chi connectivity index (χ4v) is 2.68. The van der Waals surface area contributed by atoms with Crippen LogP contribution in [0.4, 0.5) is 0 Å². The van der Waals surface area contributed by atoms with Crippen molar-refractivity contribution in [3.8, 4) is 0 Å². The highest BCUT2D eigenvalue weighted by molar-refractivity contribution is 6.33. The van der Waals surface area contributed by atoms with Crippen molar-refractivity contribution in [1.82, 2.24) is 10.6 Å². The number of carbonyl (C=O) groups is 2. The summed E-state index contributed by atoms with van der Waals surface area (Å²) in [6.07, 6.45) is 7.97. The largest absolute Gasteiger partial charge is 0.354 e. The van der Waals surface area contributed by atoms with Gasteiger partial charge in [-0.05, 0) is 44.2 Å². The molecule has 1 aliphatic rings. The van der Waals surface area contributed by atoms with Gasteiger partial charge < -0.3 is 10.6 Å². The van der Waals surface area contributed by atoms with Crippen LogP contribution in [0.15, 0.2) is 35.9 Å². The molecule has 1 aromatic carbocycles. The van der Waals surface area contributed by atoms with Gasteiger partial charge in [-0.3, -0.25) is 9.59 Å². The van der Waals surface area contributed by atoms with Crippen molar-refractivity contribution in [2.24, 2.45) is 0 Å². The summed E-state index contributed by atoms with van der Waals surface area (Å²) in [7, 11) is 0. The van der Waals surface area contributed by atoms with Crippen molar-refractivity contribution in [1.29, 1.82) is 0 Å². The third-order valence-corrected chi connectivity index (χ3v) is 4.01. The minimum Gasteiger partial charge on any atom is -0.354 e. The van der Waals surface area contributed by atoms with E-state index in [1.165, 1.54) is 18.4 Å². The van der Waals surface area contributed by atoms with Crippen LogP contribution in [0.5, 0.6) is 0 Å². The Balaban J connectivity index is 1.68. The third kappa shape index (κ3) is 5.19. The number of rotatable bonds is 6. The molecule has 0 saturated heterocycles. The van der Waals surface area contributed by atoms with Crippen molar-refractivity contribution < 1.29 is 9.59 Å². The predicted octanol–water partition coefficient (Wildman–Crippen LogP) is 3.08. The number of amides is 2. The van der Waals surface area contributed by atoms with Crippen LogP contribution in [-0.4, -0.2) is 24.9 Å². The lowest BCUT2D eigenvalue weighted by molar-refractivity contribution is -0.120. The average Bonchev–Trinajstić information content (AvgIpc) is 2.54. The highest BCUT2D eigenvalue weighted by Crippen LogP contribution is 2.19. The van der Waals surface area contributed by atoms with Crippen LogP contribution in [0.1, 0.15) is 42.5 Å². The van der Waals surface area contributed by atoms with E-state index in [2.05, 4.69) is 16.7 Å². The summed E-state index contributed by atoms with van der Waals surface area (Å²) in [6.45, 7) is 0.579. The molecule has 0 atom stereocenters. The van der Waals surface area contributed by atoms with E-state index in [9.17, 15) is 9.59 Å². The topological polar surface area (TPSA) is 58.2 Å². The summed E-state index contributed by atoms with van der Waals surface area (Å²) in [5.74, 6) is -0.521. The van der Waals surface area contributed by atoms with Crippen LogP contribution in [-0.2, 0) is 4.79 Å². The average molecular weight is 321 g/mol. The maximum absolute atomic E-state index is 11.9. The van der Waals surface area contributed by atoms with Crippen LogP contribution >= 0.6 is 11.6 Å². The van der Waals surface area contributed by atoms with E-state index in [4.69, 9.17) is 11.6 Å². The van der Waals surface area contributed by atoms with Crippen LogP contribution < -0.4 is 10.6 Å². The number of benzene rings is 1. The molecule has 0 heterocycles. The SMILES string of the molecule is O=C(CNC(=O)c1ccccc1Cl)NCCC1=CCCCC1. The molecule has 0 fully saturated rings. The zero-order valence-electron chi connectivity index (χ0n) is 12.5. The summed E-state index contributed by atoms with van der Waals surface area (Å²) < 4.78 is 0. The smallest absolute Gasteiger partial charge is 0.253 e. The first-order chi connectivity index (χ1) is 10.7. The van der Waals surface area contributed by atoms with Crippen molar-refractivity contribution >= 4 is 23.4 Å². The lowest BCUT2D eigenvalue weighted by Gasteiger charge is -2.13. The second-order valence-electron chi connectivity index (χ2n) is 5.37. The Morgan fingerprint density at radius 1 is 1.14 bits per heavy atom. The van der Waals surface area contributed by atoms with Gasteiger partial charge in [0.05, 0.1) is 17.1 Å². The molecule has 0 radical (unpaired) electrons. The van der Waals surface area contributed by atoms with E-state index in [0.717, 1.165) is 19.3 Å². The van der Waals surface area contributed by atoms with E-state index in [1.807, 2.05) is 0 Å². The lowest BCUT2D eigenvalue weighted by Crippen LogP contribution is -2.37. The van der Waals surface area contributed by atoms with Gasteiger partial charge in [-0.1, -0.05) is 35.4 Å². The second-order valence-corrected chi connectivity index (χ2v) is 5.78. The minimum atomic E-state index is -0.337. The number of hydrogen-bond acceptors (Lipinski definition) is 2. The van der Waals surface area contributed by atoms with E-state index < -0.39 is 0 Å². The number of hydrogen-bond donors (Lipinski definition) is 2.